The van der Waals surface area contributed by atoms with Gasteiger partial charge in [-0.05, 0) is 37.3 Å². The topological polar surface area (TPSA) is 74.1 Å². The van der Waals surface area contributed by atoms with Gasteiger partial charge in [0.05, 0.1) is 0 Å². The van der Waals surface area contributed by atoms with Gasteiger partial charge in [0.2, 0.25) is 10.0 Å². The molecule has 2 bridgehead atoms. The number of hydrogen-bond acceptors (Lipinski definition) is 4. The van der Waals surface area contributed by atoms with Crippen LogP contribution in [0.3, 0.4) is 0 Å². The van der Waals surface area contributed by atoms with Crippen LogP contribution in [0, 0.1) is 17.2 Å². The lowest BCUT2D eigenvalue weighted by Crippen LogP contribution is -2.37. The lowest BCUT2D eigenvalue weighted by molar-refractivity contribution is 0.333. The smallest absolute Gasteiger partial charge is 0.244 e. The van der Waals surface area contributed by atoms with Gasteiger partial charge in [0, 0.05) is 18.8 Å². The highest BCUT2D eigenvalue weighted by molar-refractivity contribution is 7.89. The van der Waals surface area contributed by atoms with Gasteiger partial charge in [0.1, 0.15) is 16.7 Å². The number of rotatable bonds is 2. The van der Waals surface area contributed by atoms with E-state index >= 15 is 0 Å². The van der Waals surface area contributed by atoms with Crippen LogP contribution in [0.4, 0.5) is 0 Å². The molecule has 1 aromatic heterocycles. The van der Waals surface area contributed by atoms with E-state index in [0.29, 0.717) is 12.5 Å². The van der Waals surface area contributed by atoms with Crippen molar-refractivity contribution in [1.82, 2.24) is 9.29 Å². The summed E-state index contributed by atoms with van der Waals surface area (Å²) in [5, 5.41) is 8.66. The Morgan fingerprint density at radius 2 is 2.22 bits per heavy atom. The van der Waals surface area contributed by atoms with E-state index in [1.54, 1.807) is 4.31 Å². The summed E-state index contributed by atoms with van der Waals surface area (Å²) in [4.78, 5) is 4.02. The molecular weight excluding hydrogens is 250 g/mol. The summed E-state index contributed by atoms with van der Waals surface area (Å²) in [6.07, 6.45) is 4.37. The molecule has 0 N–H and O–H groups in total. The molecule has 2 fully saturated rings. The number of pyridine rings is 1. The van der Waals surface area contributed by atoms with Gasteiger partial charge in [-0.3, -0.25) is 0 Å². The van der Waals surface area contributed by atoms with Gasteiger partial charge in [-0.1, -0.05) is 0 Å². The predicted molar refractivity (Wildman–Crippen MR) is 64.0 cm³/mol. The highest BCUT2D eigenvalue weighted by Gasteiger charge is 2.44. The Morgan fingerprint density at radius 3 is 2.72 bits per heavy atom. The van der Waals surface area contributed by atoms with Crippen molar-refractivity contribution in [2.24, 2.45) is 5.92 Å². The van der Waals surface area contributed by atoms with Crippen LogP contribution in [0.2, 0.25) is 0 Å². The minimum absolute atomic E-state index is 0.163. The zero-order valence-corrected chi connectivity index (χ0v) is 10.6. The second-order valence-electron chi connectivity index (χ2n) is 4.90. The Hall–Kier alpha value is -1.45. The fraction of sp³-hybridized carbons (Fsp3) is 0.500. The SMILES string of the molecule is N#Cc1ccc(S(=O)(=O)N2CC3CCC2C3)cn1. The van der Waals surface area contributed by atoms with E-state index in [0.717, 1.165) is 19.3 Å². The van der Waals surface area contributed by atoms with Crippen molar-refractivity contribution in [3.05, 3.63) is 24.0 Å². The standard InChI is InChI=1S/C12H13N3O2S/c13-6-10-2-4-12(7-14-10)18(16,17)15-8-9-1-3-11(15)5-9/h2,4,7,9,11H,1,3,5,8H2. The van der Waals surface area contributed by atoms with Gasteiger partial charge < -0.3 is 0 Å². The van der Waals surface area contributed by atoms with Crippen LogP contribution >= 0.6 is 0 Å². The maximum atomic E-state index is 12.4. The van der Waals surface area contributed by atoms with Crippen molar-refractivity contribution in [2.75, 3.05) is 6.54 Å². The zero-order valence-electron chi connectivity index (χ0n) is 9.78. The maximum absolute atomic E-state index is 12.4. The third-order valence-electron chi connectivity index (χ3n) is 3.82. The molecule has 3 rings (SSSR count). The van der Waals surface area contributed by atoms with Crippen molar-refractivity contribution in [2.45, 2.75) is 30.2 Å². The maximum Gasteiger partial charge on any atom is 0.244 e. The van der Waals surface area contributed by atoms with Crippen molar-refractivity contribution >= 4 is 10.0 Å². The van der Waals surface area contributed by atoms with E-state index in [1.165, 1.54) is 18.3 Å². The summed E-state index contributed by atoms with van der Waals surface area (Å²) in [7, 11) is -3.43. The minimum atomic E-state index is -3.43. The number of aromatic nitrogens is 1. The van der Waals surface area contributed by atoms with E-state index in [9.17, 15) is 8.42 Å². The molecule has 2 aliphatic rings. The summed E-state index contributed by atoms with van der Waals surface area (Å²) in [5.41, 5.74) is 0.233. The average Bonchev–Trinajstić information content (AvgIpc) is 3.01. The lowest BCUT2D eigenvalue weighted by atomic mass is 10.1. The molecule has 0 spiro atoms. The largest absolute Gasteiger partial charge is 0.244 e. The van der Waals surface area contributed by atoms with Crippen LogP contribution in [0.1, 0.15) is 25.0 Å². The molecule has 2 heterocycles. The first-order valence-electron chi connectivity index (χ1n) is 5.99. The molecule has 0 aromatic carbocycles. The van der Waals surface area contributed by atoms with E-state index in [2.05, 4.69) is 4.98 Å². The average molecular weight is 263 g/mol. The minimum Gasteiger partial charge on any atom is -0.244 e. The molecule has 1 saturated heterocycles. The van der Waals surface area contributed by atoms with Crippen molar-refractivity contribution < 1.29 is 8.42 Å². The molecule has 0 amide bonds. The number of fused-ring (bicyclic) bond motifs is 2. The van der Waals surface area contributed by atoms with Crippen LogP contribution in [-0.2, 0) is 10.0 Å². The Bertz CT molecular complexity index is 603. The van der Waals surface area contributed by atoms with Gasteiger partial charge >= 0.3 is 0 Å². The van der Waals surface area contributed by atoms with Gasteiger partial charge in [0.25, 0.3) is 0 Å². The van der Waals surface area contributed by atoms with Crippen LogP contribution in [0.25, 0.3) is 0 Å². The highest BCUT2D eigenvalue weighted by Crippen LogP contribution is 2.40. The monoisotopic (exact) mass is 263 g/mol. The summed E-state index contributed by atoms with van der Waals surface area (Å²) in [6, 6.07) is 4.96. The Labute approximate surface area is 106 Å². The molecular formula is C12H13N3O2S. The summed E-state index contributed by atoms with van der Waals surface area (Å²) in [5.74, 6) is 0.524. The van der Waals surface area contributed by atoms with Crippen LogP contribution in [0.15, 0.2) is 23.2 Å². The first-order chi connectivity index (χ1) is 8.61. The van der Waals surface area contributed by atoms with E-state index in [4.69, 9.17) is 5.26 Å². The molecule has 1 aliphatic heterocycles. The fourth-order valence-corrected chi connectivity index (χ4v) is 4.60. The van der Waals surface area contributed by atoms with Crippen LogP contribution in [0.5, 0.6) is 0 Å². The molecule has 2 atom stereocenters. The Balaban J connectivity index is 1.92. The summed E-state index contributed by atoms with van der Waals surface area (Å²) in [6.45, 7) is 0.632. The summed E-state index contributed by atoms with van der Waals surface area (Å²) < 4.78 is 26.5. The highest BCUT2D eigenvalue weighted by atomic mass is 32.2. The second-order valence-corrected chi connectivity index (χ2v) is 6.79. The molecule has 94 valence electrons. The third kappa shape index (κ3) is 1.71. The first kappa shape index (κ1) is 11.6. The van der Waals surface area contributed by atoms with Gasteiger partial charge in [-0.15, -0.1) is 0 Å². The van der Waals surface area contributed by atoms with E-state index < -0.39 is 10.0 Å². The number of nitrogens with zero attached hydrogens (tertiary/aromatic N) is 3. The Morgan fingerprint density at radius 1 is 1.39 bits per heavy atom. The Kier molecular flexibility index (Phi) is 2.61. The van der Waals surface area contributed by atoms with Gasteiger partial charge in [-0.2, -0.15) is 9.57 Å². The number of hydrogen-bond donors (Lipinski definition) is 0. The molecule has 5 nitrogen and oxygen atoms in total. The van der Waals surface area contributed by atoms with E-state index in [1.807, 2.05) is 6.07 Å². The molecule has 1 aliphatic carbocycles. The molecule has 6 heteroatoms. The van der Waals surface area contributed by atoms with Crippen LogP contribution in [-0.4, -0.2) is 30.3 Å². The number of piperidine rings is 1. The number of nitriles is 1. The van der Waals surface area contributed by atoms with Crippen molar-refractivity contribution in [1.29, 1.82) is 5.26 Å². The van der Waals surface area contributed by atoms with Crippen LogP contribution < -0.4 is 0 Å². The number of sulfonamides is 1. The zero-order chi connectivity index (χ0) is 12.8. The quantitative estimate of drug-likeness (QED) is 0.801. The summed E-state index contributed by atoms with van der Waals surface area (Å²) >= 11 is 0. The second kappa shape index (κ2) is 4.04. The van der Waals surface area contributed by atoms with Gasteiger partial charge in [0.15, 0.2) is 0 Å². The normalized spacial score (nSPS) is 27.3. The molecule has 18 heavy (non-hydrogen) atoms. The van der Waals surface area contributed by atoms with Crippen molar-refractivity contribution in [3.63, 3.8) is 0 Å². The predicted octanol–water partition coefficient (Wildman–Crippen LogP) is 1.13. The lowest BCUT2D eigenvalue weighted by Gasteiger charge is -2.25. The molecule has 2 unspecified atom stereocenters. The third-order valence-corrected chi connectivity index (χ3v) is 5.72. The van der Waals surface area contributed by atoms with E-state index in [-0.39, 0.29) is 16.6 Å². The van der Waals surface area contributed by atoms with Gasteiger partial charge in [-0.25, -0.2) is 13.4 Å². The molecule has 1 aromatic rings. The molecule has 1 saturated carbocycles. The molecule has 0 radical (unpaired) electrons. The fourth-order valence-electron chi connectivity index (χ4n) is 2.91. The van der Waals surface area contributed by atoms with Crippen molar-refractivity contribution in [3.8, 4) is 6.07 Å². The first-order valence-corrected chi connectivity index (χ1v) is 7.43.